The summed E-state index contributed by atoms with van der Waals surface area (Å²) in [5.74, 6) is -0.325. The first-order valence-electron chi connectivity index (χ1n) is 7.45. The van der Waals surface area contributed by atoms with Gasteiger partial charge in [-0.2, -0.15) is 5.10 Å². The number of hydrogen-bond donors (Lipinski definition) is 2. The number of hydrogen-bond acceptors (Lipinski definition) is 5. The molecular weight excluding hydrogens is 310 g/mol. The van der Waals surface area contributed by atoms with Crippen LogP contribution in [0.15, 0.2) is 52.2 Å². The van der Waals surface area contributed by atoms with Gasteiger partial charge >= 0.3 is 11.8 Å². The molecule has 0 saturated heterocycles. The van der Waals surface area contributed by atoms with E-state index in [2.05, 4.69) is 15.8 Å². The molecular formula is C17H19N3O4. The van der Waals surface area contributed by atoms with Crippen LogP contribution in [-0.4, -0.2) is 24.1 Å². The van der Waals surface area contributed by atoms with E-state index in [0.29, 0.717) is 5.76 Å². The van der Waals surface area contributed by atoms with Crippen LogP contribution < -0.4 is 15.5 Å². The molecule has 0 bridgehead atoms. The van der Waals surface area contributed by atoms with Crippen LogP contribution in [0, 0.1) is 0 Å². The summed E-state index contributed by atoms with van der Waals surface area (Å²) in [7, 11) is 0. The lowest BCUT2D eigenvalue weighted by molar-refractivity contribution is -0.139. The fourth-order valence-electron chi connectivity index (χ4n) is 1.78. The number of nitrogens with zero attached hydrogens (tertiary/aromatic N) is 1. The number of amides is 2. The highest BCUT2D eigenvalue weighted by atomic mass is 16.5. The van der Waals surface area contributed by atoms with Crippen LogP contribution in [-0.2, 0) is 16.1 Å². The molecule has 1 heterocycles. The van der Waals surface area contributed by atoms with Crippen molar-refractivity contribution in [3.05, 3.63) is 54.0 Å². The summed E-state index contributed by atoms with van der Waals surface area (Å²) < 4.78 is 10.6. The molecule has 24 heavy (non-hydrogen) atoms. The van der Waals surface area contributed by atoms with Gasteiger partial charge in [0.15, 0.2) is 0 Å². The van der Waals surface area contributed by atoms with E-state index in [1.165, 1.54) is 12.5 Å². The van der Waals surface area contributed by atoms with E-state index in [9.17, 15) is 9.59 Å². The SMILES string of the molecule is CC(C)Oc1ccc(/C=N\NC(=O)C(=O)NCc2ccco2)cc1. The quantitative estimate of drug-likeness (QED) is 0.480. The Morgan fingerprint density at radius 3 is 2.58 bits per heavy atom. The Morgan fingerprint density at radius 1 is 1.21 bits per heavy atom. The van der Waals surface area contributed by atoms with E-state index in [1.54, 1.807) is 36.4 Å². The third-order valence-corrected chi connectivity index (χ3v) is 2.84. The molecule has 0 spiro atoms. The smallest absolute Gasteiger partial charge is 0.329 e. The fraction of sp³-hybridized carbons (Fsp3) is 0.235. The van der Waals surface area contributed by atoms with Crippen molar-refractivity contribution in [1.82, 2.24) is 10.7 Å². The van der Waals surface area contributed by atoms with Crippen LogP contribution in [0.4, 0.5) is 0 Å². The molecule has 7 heteroatoms. The lowest BCUT2D eigenvalue weighted by atomic mass is 10.2. The van der Waals surface area contributed by atoms with Crippen molar-refractivity contribution in [1.29, 1.82) is 0 Å². The van der Waals surface area contributed by atoms with Crippen LogP contribution in [0.2, 0.25) is 0 Å². The Morgan fingerprint density at radius 2 is 1.96 bits per heavy atom. The molecule has 0 fully saturated rings. The van der Waals surface area contributed by atoms with Crippen LogP contribution >= 0.6 is 0 Å². The van der Waals surface area contributed by atoms with Crippen LogP contribution in [0.5, 0.6) is 5.75 Å². The standard InChI is InChI=1S/C17H19N3O4/c1-12(2)24-14-7-5-13(6-8-14)10-19-20-17(22)16(21)18-11-15-4-3-9-23-15/h3-10,12H,11H2,1-2H3,(H,18,21)(H,20,22)/b19-10-. The minimum absolute atomic E-state index is 0.100. The average Bonchev–Trinajstić information content (AvgIpc) is 3.07. The zero-order chi connectivity index (χ0) is 17.4. The van der Waals surface area contributed by atoms with Gasteiger partial charge in [-0.3, -0.25) is 9.59 Å². The fourth-order valence-corrected chi connectivity index (χ4v) is 1.78. The molecule has 2 amide bonds. The van der Waals surface area contributed by atoms with Crippen molar-refractivity contribution in [3.8, 4) is 5.75 Å². The van der Waals surface area contributed by atoms with Gasteiger partial charge in [-0.25, -0.2) is 5.43 Å². The number of hydrazone groups is 1. The van der Waals surface area contributed by atoms with E-state index in [4.69, 9.17) is 9.15 Å². The monoisotopic (exact) mass is 329 g/mol. The molecule has 1 aromatic heterocycles. The molecule has 0 aliphatic carbocycles. The van der Waals surface area contributed by atoms with Crippen molar-refractivity contribution in [2.45, 2.75) is 26.5 Å². The summed E-state index contributed by atoms with van der Waals surface area (Å²) in [5.41, 5.74) is 2.93. The molecule has 2 N–H and O–H groups in total. The van der Waals surface area contributed by atoms with E-state index >= 15 is 0 Å². The molecule has 2 aromatic rings. The van der Waals surface area contributed by atoms with Crippen molar-refractivity contribution in [2.75, 3.05) is 0 Å². The predicted octanol–water partition coefficient (Wildman–Crippen LogP) is 1.83. The van der Waals surface area contributed by atoms with Gasteiger partial charge in [0.2, 0.25) is 0 Å². The molecule has 0 aliphatic rings. The van der Waals surface area contributed by atoms with E-state index in [0.717, 1.165) is 11.3 Å². The molecule has 0 unspecified atom stereocenters. The lowest BCUT2D eigenvalue weighted by Gasteiger charge is -2.09. The molecule has 0 atom stereocenters. The predicted molar refractivity (Wildman–Crippen MR) is 88.5 cm³/mol. The highest BCUT2D eigenvalue weighted by Crippen LogP contribution is 2.12. The highest BCUT2D eigenvalue weighted by molar-refractivity contribution is 6.35. The van der Waals surface area contributed by atoms with E-state index < -0.39 is 11.8 Å². The molecule has 2 rings (SSSR count). The maximum absolute atomic E-state index is 11.6. The number of furan rings is 1. The molecule has 0 saturated carbocycles. The number of ether oxygens (including phenoxy) is 1. The minimum atomic E-state index is -0.849. The molecule has 7 nitrogen and oxygen atoms in total. The second-order valence-electron chi connectivity index (χ2n) is 5.20. The lowest BCUT2D eigenvalue weighted by Crippen LogP contribution is -2.37. The number of carbonyl (C=O) groups is 2. The maximum atomic E-state index is 11.6. The third kappa shape index (κ3) is 5.60. The Labute approximate surface area is 139 Å². The first-order valence-corrected chi connectivity index (χ1v) is 7.45. The van der Waals surface area contributed by atoms with Gasteiger partial charge in [0, 0.05) is 0 Å². The van der Waals surface area contributed by atoms with Crippen molar-refractivity contribution >= 4 is 18.0 Å². The second-order valence-corrected chi connectivity index (χ2v) is 5.20. The number of nitrogens with one attached hydrogen (secondary N) is 2. The van der Waals surface area contributed by atoms with Crippen LogP contribution in [0.25, 0.3) is 0 Å². The third-order valence-electron chi connectivity index (χ3n) is 2.84. The van der Waals surface area contributed by atoms with Crippen LogP contribution in [0.1, 0.15) is 25.2 Å². The van der Waals surface area contributed by atoms with Crippen molar-refractivity contribution < 1.29 is 18.7 Å². The Bertz CT molecular complexity index is 691. The summed E-state index contributed by atoms with van der Waals surface area (Å²) >= 11 is 0. The average molecular weight is 329 g/mol. The number of rotatable bonds is 6. The first kappa shape index (κ1) is 17.3. The van der Waals surface area contributed by atoms with E-state index in [1.807, 2.05) is 13.8 Å². The summed E-state index contributed by atoms with van der Waals surface area (Å²) in [5, 5.41) is 6.17. The van der Waals surface area contributed by atoms with Gasteiger partial charge in [-0.15, -0.1) is 0 Å². The van der Waals surface area contributed by atoms with Crippen molar-refractivity contribution in [3.63, 3.8) is 0 Å². The molecule has 0 aliphatic heterocycles. The summed E-state index contributed by atoms with van der Waals surface area (Å²) in [6.07, 6.45) is 3.03. The Kier molecular flexibility index (Phi) is 6.13. The summed E-state index contributed by atoms with van der Waals surface area (Å²) in [4.78, 5) is 23.2. The molecule has 126 valence electrons. The highest BCUT2D eigenvalue weighted by Gasteiger charge is 2.12. The number of benzene rings is 1. The summed E-state index contributed by atoms with van der Waals surface area (Å²) in [6.45, 7) is 4.03. The molecule has 0 radical (unpaired) electrons. The topological polar surface area (TPSA) is 92.9 Å². The minimum Gasteiger partial charge on any atom is -0.491 e. The van der Waals surface area contributed by atoms with Gasteiger partial charge in [0.25, 0.3) is 0 Å². The zero-order valence-electron chi connectivity index (χ0n) is 13.5. The van der Waals surface area contributed by atoms with Gasteiger partial charge in [-0.05, 0) is 55.8 Å². The van der Waals surface area contributed by atoms with Gasteiger partial charge in [0.05, 0.1) is 25.1 Å². The Hall–Kier alpha value is -3.09. The normalized spacial score (nSPS) is 10.8. The molecule has 1 aromatic carbocycles. The van der Waals surface area contributed by atoms with Gasteiger partial charge in [0.1, 0.15) is 11.5 Å². The summed E-state index contributed by atoms with van der Waals surface area (Å²) in [6, 6.07) is 10.6. The second kappa shape index (κ2) is 8.52. The van der Waals surface area contributed by atoms with Crippen LogP contribution in [0.3, 0.4) is 0 Å². The largest absolute Gasteiger partial charge is 0.491 e. The Balaban J connectivity index is 1.77. The van der Waals surface area contributed by atoms with Gasteiger partial charge < -0.3 is 14.5 Å². The zero-order valence-corrected chi connectivity index (χ0v) is 13.5. The van der Waals surface area contributed by atoms with E-state index in [-0.39, 0.29) is 12.6 Å². The van der Waals surface area contributed by atoms with Gasteiger partial charge in [-0.1, -0.05) is 0 Å². The van der Waals surface area contributed by atoms with Crippen molar-refractivity contribution in [2.24, 2.45) is 5.10 Å². The first-order chi connectivity index (χ1) is 11.5. The maximum Gasteiger partial charge on any atom is 0.329 e. The number of carbonyl (C=O) groups excluding carboxylic acids is 2.